The topological polar surface area (TPSA) is 98.0 Å². The van der Waals surface area contributed by atoms with E-state index in [2.05, 4.69) is 27.1 Å². The molecule has 0 aliphatic heterocycles. The van der Waals surface area contributed by atoms with E-state index in [1.807, 2.05) is 45.2 Å². The molecule has 34 heavy (non-hydrogen) atoms. The predicted molar refractivity (Wildman–Crippen MR) is 130 cm³/mol. The van der Waals surface area contributed by atoms with Crippen LogP contribution in [-0.2, 0) is 18.3 Å². The number of nitrogens with zero attached hydrogens (tertiary/aromatic N) is 5. The van der Waals surface area contributed by atoms with Crippen LogP contribution in [0.3, 0.4) is 0 Å². The van der Waals surface area contributed by atoms with Gasteiger partial charge in [-0.3, -0.25) is 14.8 Å². The average Bonchev–Trinajstić information content (AvgIpc) is 3.38. The van der Waals surface area contributed by atoms with Gasteiger partial charge < -0.3 is 9.30 Å². The van der Waals surface area contributed by atoms with Crippen LogP contribution in [0.15, 0.2) is 41.3 Å². The number of aromatic amines is 1. The number of esters is 1. The highest BCUT2D eigenvalue weighted by molar-refractivity contribution is 5.92. The fraction of sp³-hybridized carbons (Fsp3) is 0.360. The summed E-state index contributed by atoms with van der Waals surface area (Å²) in [4.78, 5) is 27.7. The third-order valence-corrected chi connectivity index (χ3v) is 6.39. The van der Waals surface area contributed by atoms with Crippen molar-refractivity contribution in [1.29, 1.82) is 0 Å². The van der Waals surface area contributed by atoms with Crippen molar-refractivity contribution in [3.63, 3.8) is 0 Å². The molecule has 9 heteroatoms. The van der Waals surface area contributed by atoms with E-state index in [4.69, 9.17) is 4.74 Å². The molecular formula is C25H30N6O3. The summed E-state index contributed by atoms with van der Waals surface area (Å²) >= 11 is 0. The van der Waals surface area contributed by atoms with Crippen LogP contribution in [0, 0.1) is 13.8 Å². The second kappa shape index (κ2) is 9.26. The predicted octanol–water partition coefficient (Wildman–Crippen LogP) is 3.43. The molecule has 4 rings (SSSR count). The van der Waals surface area contributed by atoms with Gasteiger partial charge >= 0.3 is 5.97 Å². The van der Waals surface area contributed by atoms with Gasteiger partial charge in [-0.2, -0.15) is 10.2 Å². The number of nitrogens with one attached hydrogen (secondary N) is 1. The second-order valence-corrected chi connectivity index (χ2v) is 8.52. The average molecular weight is 463 g/mol. The molecule has 0 bridgehead atoms. The third kappa shape index (κ3) is 4.03. The third-order valence-electron chi connectivity index (χ3n) is 6.39. The Morgan fingerprint density at radius 1 is 1.26 bits per heavy atom. The molecule has 9 nitrogen and oxygen atoms in total. The molecule has 0 radical (unpaired) electrons. The lowest BCUT2D eigenvalue weighted by molar-refractivity contribution is 0.0523. The van der Waals surface area contributed by atoms with Crippen molar-refractivity contribution < 1.29 is 9.53 Å². The van der Waals surface area contributed by atoms with Crippen molar-refractivity contribution in [2.45, 2.75) is 40.3 Å². The van der Waals surface area contributed by atoms with Crippen molar-refractivity contribution in [2.75, 3.05) is 13.7 Å². The van der Waals surface area contributed by atoms with Gasteiger partial charge in [0.1, 0.15) is 5.56 Å². The van der Waals surface area contributed by atoms with Gasteiger partial charge in [-0.05, 0) is 40.8 Å². The van der Waals surface area contributed by atoms with Crippen molar-refractivity contribution in [3.05, 3.63) is 75.1 Å². The Hall–Kier alpha value is -3.72. The minimum atomic E-state index is -0.436. The Morgan fingerprint density at radius 3 is 2.68 bits per heavy atom. The molecule has 0 aliphatic carbocycles. The molecule has 4 aromatic rings. The minimum absolute atomic E-state index is 0.0255. The van der Waals surface area contributed by atoms with E-state index >= 15 is 0 Å². The molecule has 0 saturated carbocycles. The summed E-state index contributed by atoms with van der Waals surface area (Å²) in [6, 6.07) is 9.24. The second-order valence-electron chi connectivity index (χ2n) is 8.52. The van der Waals surface area contributed by atoms with Crippen molar-refractivity contribution >= 4 is 16.9 Å². The largest absolute Gasteiger partial charge is 0.462 e. The SMILES string of the molecule is CCOC(=O)c1cnn(-c2cc(=O)n(C)c3ccccc23)c1CN(C)[C@@H](C)c1c(C)n[nH]c1C. The van der Waals surface area contributed by atoms with Crippen LogP contribution in [0.5, 0.6) is 0 Å². The first-order chi connectivity index (χ1) is 16.2. The van der Waals surface area contributed by atoms with Gasteiger partial charge in [-0.1, -0.05) is 18.2 Å². The molecule has 178 valence electrons. The number of hydrogen-bond donors (Lipinski definition) is 1. The molecule has 0 amide bonds. The number of carbonyl (C=O) groups is 1. The van der Waals surface area contributed by atoms with E-state index in [0.717, 1.165) is 27.9 Å². The zero-order chi connectivity index (χ0) is 24.6. The summed E-state index contributed by atoms with van der Waals surface area (Å²) in [5, 5.41) is 12.8. The Bertz CT molecular complexity index is 1390. The number of pyridine rings is 1. The lowest BCUT2D eigenvalue weighted by atomic mass is 10.0. The molecule has 1 aromatic carbocycles. The maximum absolute atomic E-state index is 12.8. The molecule has 1 N–H and O–H groups in total. The quantitative estimate of drug-likeness (QED) is 0.423. The summed E-state index contributed by atoms with van der Waals surface area (Å²) in [7, 11) is 3.73. The minimum Gasteiger partial charge on any atom is -0.462 e. The number of fused-ring (bicyclic) bond motifs is 1. The number of H-pyrrole nitrogens is 1. The highest BCUT2D eigenvalue weighted by Gasteiger charge is 2.25. The number of para-hydroxylation sites is 1. The van der Waals surface area contributed by atoms with Gasteiger partial charge in [0, 0.05) is 42.3 Å². The number of carbonyl (C=O) groups excluding carboxylic acids is 1. The van der Waals surface area contributed by atoms with Crippen LogP contribution < -0.4 is 5.56 Å². The molecule has 0 saturated heterocycles. The fourth-order valence-corrected chi connectivity index (χ4v) is 4.45. The Balaban J connectivity index is 1.85. The first-order valence-electron chi connectivity index (χ1n) is 11.3. The van der Waals surface area contributed by atoms with Gasteiger partial charge in [0.2, 0.25) is 0 Å². The zero-order valence-electron chi connectivity index (χ0n) is 20.4. The standard InChI is InChI=1S/C25H30N6O3/c1-7-34-25(33)19-13-26-31(21-12-23(32)30(6)20-11-9-8-10-18(20)21)22(19)14-29(5)17(4)24-15(2)27-28-16(24)3/h8-13,17H,7,14H2,1-6H3,(H,27,28)/t17-/m0/s1. The van der Waals surface area contributed by atoms with E-state index in [1.54, 1.807) is 29.3 Å². The number of rotatable bonds is 7. The van der Waals surface area contributed by atoms with E-state index < -0.39 is 5.97 Å². The Labute approximate surface area is 198 Å². The number of aryl methyl sites for hydroxylation is 3. The number of hydrogen-bond acceptors (Lipinski definition) is 6. The summed E-state index contributed by atoms with van der Waals surface area (Å²) in [6.45, 7) is 8.52. The number of aromatic nitrogens is 5. The number of benzene rings is 1. The molecule has 3 heterocycles. The van der Waals surface area contributed by atoms with Crippen molar-refractivity contribution in [3.8, 4) is 5.69 Å². The maximum Gasteiger partial charge on any atom is 0.341 e. The van der Waals surface area contributed by atoms with Gasteiger partial charge in [-0.15, -0.1) is 0 Å². The lowest BCUT2D eigenvalue weighted by Gasteiger charge is -2.26. The lowest BCUT2D eigenvalue weighted by Crippen LogP contribution is -2.26. The van der Waals surface area contributed by atoms with Gasteiger partial charge in [0.15, 0.2) is 0 Å². The normalized spacial score (nSPS) is 12.4. The molecule has 0 unspecified atom stereocenters. The van der Waals surface area contributed by atoms with Crippen LogP contribution in [0.2, 0.25) is 0 Å². The zero-order valence-corrected chi connectivity index (χ0v) is 20.4. The summed E-state index contributed by atoms with van der Waals surface area (Å²) in [6.07, 6.45) is 1.52. The van der Waals surface area contributed by atoms with Gasteiger partial charge in [-0.25, -0.2) is 9.48 Å². The van der Waals surface area contributed by atoms with Crippen LogP contribution in [0.1, 0.15) is 52.9 Å². The first kappa shape index (κ1) is 23.4. The van der Waals surface area contributed by atoms with E-state index in [-0.39, 0.29) is 18.2 Å². The fourth-order valence-electron chi connectivity index (χ4n) is 4.45. The summed E-state index contributed by atoms with van der Waals surface area (Å²) in [5.74, 6) is -0.436. The molecular weight excluding hydrogens is 432 g/mol. The molecule has 0 fully saturated rings. The monoisotopic (exact) mass is 462 g/mol. The Kier molecular flexibility index (Phi) is 6.39. The smallest absolute Gasteiger partial charge is 0.341 e. The number of ether oxygens (including phenoxy) is 1. The van der Waals surface area contributed by atoms with Crippen molar-refractivity contribution in [2.24, 2.45) is 7.05 Å². The first-order valence-corrected chi connectivity index (χ1v) is 11.3. The summed E-state index contributed by atoms with van der Waals surface area (Å²) in [5.41, 5.74) is 5.36. The summed E-state index contributed by atoms with van der Waals surface area (Å²) < 4.78 is 8.60. The van der Waals surface area contributed by atoms with Crippen LogP contribution in [0.25, 0.3) is 16.6 Å². The van der Waals surface area contributed by atoms with Gasteiger partial charge in [0.25, 0.3) is 5.56 Å². The van der Waals surface area contributed by atoms with E-state index in [0.29, 0.717) is 23.5 Å². The van der Waals surface area contributed by atoms with Crippen LogP contribution >= 0.6 is 0 Å². The van der Waals surface area contributed by atoms with Crippen molar-refractivity contribution in [1.82, 2.24) is 29.4 Å². The van der Waals surface area contributed by atoms with Crippen LogP contribution in [-0.4, -0.2) is 49.1 Å². The van der Waals surface area contributed by atoms with Gasteiger partial charge in [0.05, 0.1) is 35.4 Å². The Morgan fingerprint density at radius 2 is 2.00 bits per heavy atom. The van der Waals surface area contributed by atoms with E-state index in [1.165, 1.54) is 6.20 Å². The highest BCUT2D eigenvalue weighted by atomic mass is 16.5. The molecule has 3 aromatic heterocycles. The van der Waals surface area contributed by atoms with Crippen LogP contribution in [0.4, 0.5) is 0 Å². The van der Waals surface area contributed by atoms with E-state index in [9.17, 15) is 9.59 Å². The molecule has 0 aliphatic rings. The molecule has 1 atom stereocenters. The molecule has 0 spiro atoms. The highest BCUT2D eigenvalue weighted by Crippen LogP contribution is 2.28. The maximum atomic E-state index is 12.8.